The zero-order valence-corrected chi connectivity index (χ0v) is 8.52. The molecule has 12 heavy (non-hydrogen) atoms. The van der Waals surface area contributed by atoms with Crippen LogP contribution in [0.3, 0.4) is 0 Å². The SMILES string of the molecule is CCC(C)(C)c1cnccc1Cl. The predicted molar refractivity (Wildman–Crippen MR) is 52.6 cm³/mol. The molecule has 2 heteroatoms. The van der Waals surface area contributed by atoms with E-state index in [0.29, 0.717) is 0 Å². The van der Waals surface area contributed by atoms with E-state index >= 15 is 0 Å². The number of nitrogens with zero attached hydrogens (tertiary/aromatic N) is 1. The highest BCUT2D eigenvalue weighted by Gasteiger charge is 2.20. The molecule has 0 aliphatic heterocycles. The average Bonchev–Trinajstić information content (AvgIpc) is 2.05. The molecule has 1 rings (SSSR count). The smallest absolute Gasteiger partial charge is 0.0474 e. The second-order valence-corrected chi connectivity index (χ2v) is 4.00. The Kier molecular flexibility index (Phi) is 2.73. The van der Waals surface area contributed by atoms with E-state index in [0.717, 1.165) is 17.0 Å². The van der Waals surface area contributed by atoms with E-state index in [9.17, 15) is 0 Å². The van der Waals surface area contributed by atoms with Crippen LogP contribution in [-0.4, -0.2) is 4.98 Å². The van der Waals surface area contributed by atoms with Crippen LogP contribution in [0.25, 0.3) is 0 Å². The van der Waals surface area contributed by atoms with Crippen molar-refractivity contribution in [2.45, 2.75) is 32.6 Å². The van der Waals surface area contributed by atoms with Gasteiger partial charge in [0.25, 0.3) is 0 Å². The standard InChI is InChI=1S/C10H14ClN/c1-4-10(2,3)8-7-12-6-5-9(8)11/h5-7H,4H2,1-3H3. The maximum Gasteiger partial charge on any atom is 0.0474 e. The van der Waals surface area contributed by atoms with Crippen molar-refractivity contribution in [1.82, 2.24) is 4.98 Å². The lowest BCUT2D eigenvalue weighted by molar-refractivity contribution is 0.504. The van der Waals surface area contributed by atoms with Gasteiger partial charge in [-0.25, -0.2) is 0 Å². The van der Waals surface area contributed by atoms with Crippen LogP contribution in [0, 0.1) is 0 Å². The van der Waals surface area contributed by atoms with Crippen molar-refractivity contribution in [2.24, 2.45) is 0 Å². The monoisotopic (exact) mass is 183 g/mol. The van der Waals surface area contributed by atoms with Crippen LogP contribution in [0.2, 0.25) is 5.02 Å². The Morgan fingerprint density at radius 3 is 2.67 bits per heavy atom. The fraction of sp³-hybridized carbons (Fsp3) is 0.500. The number of rotatable bonds is 2. The minimum Gasteiger partial charge on any atom is -0.264 e. The molecule has 0 N–H and O–H groups in total. The summed E-state index contributed by atoms with van der Waals surface area (Å²) in [6, 6.07) is 1.84. The molecule has 1 nitrogen and oxygen atoms in total. The summed E-state index contributed by atoms with van der Waals surface area (Å²) in [6.07, 6.45) is 4.64. The van der Waals surface area contributed by atoms with Crippen molar-refractivity contribution >= 4 is 11.6 Å². The van der Waals surface area contributed by atoms with Crippen LogP contribution in [0.4, 0.5) is 0 Å². The Labute approximate surface area is 78.8 Å². The first-order valence-corrected chi connectivity index (χ1v) is 4.55. The lowest BCUT2D eigenvalue weighted by Crippen LogP contribution is -2.16. The minimum absolute atomic E-state index is 0.130. The molecule has 1 aromatic rings. The van der Waals surface area contributed by atoms with Gasteiger partial charge in [-0.3, -0.25) is 4.98 Å². The van der Waals surface area contributed by atoms with Crippen LogP contribution in [0.5, 0.6) is 0 Å². The zero-order valence-electron chi connectivity index (χ0n) is 7.76. The highest BCUT2D eigenvalue weighted by atomic mass is 35.5. The van der Waals surface area contributed by atoms with Gasteiger partial charge in [-0.15, -0.1) is 0 Å². The molecule has 0 fully saturated rings. The molecule has 0 radical (unpaired) electrons. The number of aromatic nitrogens is 1. The Bertz CT molecular complexity index is 268. The fourth-order valence-electron chi connectivity index (χ4n) is 1.07. The summed E-state index contributed by atoms with van der Waals surface area (Å²) in [4.78, 5) is 4.08. The third-order valence-corrected chi connectivity index (χ3v) is 2.71. The Morgan fingerprint density at radius 1 is 1.50 bits per heavy atom. The van der Waals surface area contributed by atoms with Crippen molar-refractivity contribution in [3.8, 4) is 0 Å². The van der Waals surface area contributed by atoms with Gasteiger partial charge in [-0.05, 0) is 23.5 Å². The van der Waals surface area contributed by atoms with Crippen molar-refractivity contribution < 1.29 is 0 Å². The summed E-state index contributed by atoms with van der Waals surface area (Å²) >= 11 is 6.05. The Hall–Kier alpha value is -0.560. The van der Waals surface area contributed by atoms with Gasteiger partial charge >= 0.3 is 0 Å². The molecule has 0 atom stereocenters. The number of hydrogen-bond acceptors (Lipinski definition) is 1. The quantitative estimate of drug-likeness (QED) is 0.685. The van der Waals surface area contributed by atoms with Gasteiger partial charge in [-0.2, -0.15) is 0 Å². The molecule has 0 aliphatic carbocycles. The summed E-state index contributed by atoms with van der Waals surface area (Å²) in [5.41, 5.74) is 1.26. The Morgan fingerprint density at radius 2 is 2.17 bits per heavy atom. The van der Waals surface area contributed by atoms with E-state index in [2.05, 4.69) is 25.8 Å². The van der Waals surface area contributed by atoms with E-state index < -0.39 is 0 Å². The van der Waals surface area contributed by atoms with Gasteiger partial charge in [-0.1, -0.05) is 32.4 Å². The molecule has 1 aromatic heterocycles. The maximum atomic E-state index is 6.05. The minimum atomic E-state index is 0.130. The van der Waals surface area contributed by atoms with Crippen LogP contribution in [0.15, 0.2) is 18.5 Å². The second kappa shape index (κ2) is 3.44. The molecule has 0 bridgehead atoms. The third kappa shape index (κ3) is 1.78. The van der Waals surface area contributed by atoms with Crippen LogP contribution in [0.1, 0.15) is 32.8 Å². The summed E-state index contributed by atoms with van der Waals surface area (Å²) in [5.74, 6) is 0. The molecule has 1 heterocycles. The summed E-state index contributed by atoms with van der Waals surface area (Å²) < 4.78 is 0. The molecule has 0 spiro atoms. The summed E-state index contributed by atoms with van der Waals surface area (Å²) in [6.45, 7) is 6.51. The first-order chi connectivity index (χ1) is 5.58. The zero-order chi connectivity index (χ0) is 9.19. The first-order valence-electron chi connectivity index (χ1n) is 4.18. The van der Waals surface area contributed by atoms with Crippen molar-refractivity contribution in [2.75, 3.05) is 0 Å². The molecule has 0 saturated heterocycles. The van der Waals surface area contributed by atoms with Crippen LogP contribution in [-0.2, 0) is 5.41 Å². The Balaban J connectivity index is 3.10. The van der Waals surface area contributed by atoms with Gasteiger partial charge in [0.1, 0.15) is 0 Å². The highest BCUT2D eigenvalue weighted by molar-refractivity contribution is 6.31. The van der Waals surface area contributed by atoms with Crippen molar-refractivity contribution in [1.29, 1.82) is 0 Å². The average molecular weight is 184 g/mol. The molecule has 0 aliphatic rings. The van der Waals surface area contributed by atoms with Gasteiger partial charge < -0.3 is 0 Å². The molecular weight excluding hydrogens is 170 g/mol. The van der Waals surface area contributed by atoms with Gasteiger partial charge in [0.15, 0.2) is 0 Å². The van der Waals surface area contributed by atoms with Crippen LogP contribution >= 0.6 is 11.6 Å². The van der Waals surface area contributed by atoms with E-state index in [1.165, 1.54) is 0 Å². The van der Waals surface area contributed by atoms with E-state index in [4.69, 9.17) is 11.6 Å². The van der Waals surface area contributed by atoms with Crippen molar-refractivity contribution in [3.63, 3.8) is 0 Å². The number of hydrogen-bond donors (Lipinski definition) is 0. The molecule has 0 saturated carbocycles. The van der Waals surface area contributed by atoms with Crippen LogP contribution < -0.4 is 0 Å². The number of pyridine rings is 1. The normalized spacial score (nSPS) is 11.7. The van der Waals surface area contributed by atoms with E-state index in [-0.39, 0.29) is 5.41 Å². The first kappa shape index (κ1) is 9.53. The van der Waals surface area contributed by atoms with Crippen molar-refractivity contribution in [3.05, 3.63) is 29.0 Å². The molecule has 0 unspecified atom stereocenters. The predicted octanol–water partition coefficient (Wildman–Crippen LogP) is 3.42. The summed E-state index contributed by atoms with van der Waals surface area (Å²) in [7, 11) is 0. The fourth-order valence-corrected chi connectivity index (χ4v) is 1.43. The van der Waals surface area contributed by atoms with Gasteiger partial charge in [0.2, 0.25) is 0 Å². The van der Waals surface area contributed by atoms with E-state index in [1.54, 1.807) is 6.20 Å². The van der Waals surface area contributed by atoms with Gasteiger partial charge in [0.05, 0.1) is 0 Å². The largest absolute Gasteiger partial charge is 0.264 e. The molecular formula is C10H14ClN. The van der Waals surface area contributed by atoms with E-state index in [1.807, 2.05) is 12.3 Å². The topological polar surface area (TPSA) is 12.9 Å². The lowest BCUT2D eigenvalue weighted by atomic mass is 9.83. The van der Waals surface area contributed by atoms with Gasteiger partial charge in [0, 0.05) is 17.4 Å². The molecule has 66 valence electrons. The highest BCUT2D eigenvalue weighted by Crippen LogP contribution is 2.31. The number of halogens is 1. The maximum absolute atomic E-state index is 6.05. The molecule has 0 amide bonds. The summed E-state index contributed by atoms with van der Waals surface area (Å²) in [5, 5.41) is 0.817. The molecule has 0 aromatic carbocycles. The third-order valence-electron chi connectivity index (χ3n) is 2.38. The second-order valence-electron chi connectivity index (χ2n) is 3.59. The lowest BCUT2D eigenvalue weighted by Gasteiger charge is -2.23.